The molecular weight excluding hydrogens is 512 g/mol. The van der Waals surface area contributed by atoms with Gasteiger partial charge in [0.25, 0.3) is 16.0 Å². The zero-order valence-electron chi connectivity index (χ0n) is 18.9. The summed E-state index contributed by atoms with van der Waals surface area (Å²) >= 11 is 6.28. The quantitative estimate of drug-likeness (QED) is 0.435. The van der Waals surface area contributed by atoms with E-state index < -0.39 is 52.4 Å². The molecule has 2 aliphatic heterocycles. The molecule has 2 aromatic rings. The number of hydrogen-bond acceptors (Lipinski definition) is 10. The second kappa shape index (κ2) is 8.19. The van der Waals surface area contributed by atoms with Crippen LogP contribution in [0.15, 0.2) is 6.33 Å². The number of rotatable bonds is 6. The number of ether oxygens (including phenoxy) is 3. The molecule has 3 fully saturated rings. The molecule has 2 aromatic heterocycles. The Morgan fingerprint density at radius 2 is 2.03 bits per heavy atom. The summed E-state index contributed by atoms with van der Waals surface area (Å²) in [6.45, 7) is 3.14. The van der Waals surface area contributed by atoms with Crippen LogP contribution in [0.1, 0.15) is 38.5 Å². The minimum atomic E-state index is -3.73. The van der Waals surface area contributed by atoms with E-state index in [-0.39, 0.29) is 47.0 Å². The van der Waals surface area contributed by atoms with E-state index in [1.165, 1.54) is 10.9 Å². The molecule has 1 saturated carbocycles. The topological polar surface area (TPSA) is 138 Å². The van der Waals surface area contributed by atoms with Gasteiger partial charge in [0.1, 0.15) is 35.5 Å². The smallest absolute Gasteiger partial charge is 0.264 e. The number of nitrogens with zero attached hydrogens (tertiary/aromatic N) is 4. The molecule has 190 valence electrons. The summed E-state index contributed by atoms with van der Waals surface area (Å²) in [6.07, 6.45) is -1.38. The molecule has 11 nitrogen and oxygen atoms in total. The lowest BCUT2D eigenvalue weighted by atomic mass is 9.88. The van der Waals surface area contributed by atoms with E-state index in [2.05, 4.69) is 15.3 Å². The van der Waals surface area contributed by atoms with Crippen molar-refractivity contribution >= 4 is 38.6 Å². The number of halogens is 3. The van der Waals surface area contributed by atoms with Gasteiger partial charge in [-0.1, -0.05) is 11.6 Å². The highest BCUT2D eigenvalue weighted by Gasteiger charge is 2.56. The number of hydrogen-bond donors (Lipinski definition) is 1. The Balaban J connectivity index is 1.51. The van der Waals surface area contributed by atoms with Crippen LogP contribution in [0.3, 0.4) is 0 Å². The van der Waals surface area contributed by atoms with E-state index >= 15 is 0 Å². The summed E-state index contributed by atoms with van der Waals surface area (Å²) < 4.78 is 74.3. The molecule has 0 radical (unpaired) electrons. The molecule has 0 aromatic carbocycles. The maximum atomic E-state index is 13.4. The lowest BCUT2D eigenvalue weighted by Gasteiger charge is -2.36. The van der Waals surface area contributed by atoms with Gasteiger partial charge in [0.05, 0.1) is 24.9 Å². The molecule has 2 saturated heterocycles. The number of imidazole rings is 1. The van der Waals surface area contributed by atoms with Crippen molar-refractivity contribution in [2.75, 3.05) is 18.2 Å². The van der Waals surface area contributed by atoms with E-state index in [0.29, 0.717) is 0 Å². The maximum Gasteiger partial charge on any atom is 0.264 e. The zero-order valence-corrected chi connectivity index (χ0v) is 20.4. The van der Waals surface area contributed by atoms with Gasteiger partial charge in [-0.25, -0.2) is 18.7 Å². The first kappa shape index (κ1) is 24.5. The normalized spacial score (nSPS) is 29.6. The lowest BCUT2D eigenvalue weighted by molar-refractivity contribution is -0.198. The third kappa shape index (κ3) is 4.56. The highest BCUT2D eigenvalue weighted by molar-refractivity contribution is 7.85. The van der Waals surface area contributed by atoms with Gasteiger partial charge in [-0.2, -0.15) is 13.7 Å². The van der Waals surface area contributed by atoms with Gasteiger partial charge in [-0.15, -0.1) is 0 Å². The molecule has 0 amide bonds. The van der Waals surface area contributed by atoms with Crippen LogP contribution in [0, 0.1) is 11.3 Å². The first-order valence-corrected chi connectivity index (χ1v) is 12.9. The van der Waals surface area contributed by atoms with Crippen LogP contribution in [0.25, 0.3) is 11.2 Å². The van der Waals surface area contributed by atoms with Gasteiger partial charge in [-0.3, -0.25) is 8.75 Å². The number of alkyl halides is 2. The molecule has 15 heteroatoms. The maximum absolute atomic E-state index is 13.4. The Hall–Kier alpha value is -2.15. The van der Waals surface area contributed by atoms with Gasteiger partial charge in [0.15, 0.2) is 22.8 Å². The number of nitriles is 1. The molecule has 0 unspecified atom stereocenters. The van der Waals surface area contributed by atoms with Crippen LogP contribution in [-0.4, -0.2) is 71.9 Å². The van der Waals surface area contributed by atoms with Crippen molar-refractivity contribution in [1.82, 2.24) is 14.5 Å². The molecule has 35 heavy (non-hydrogen) atoms. The molecule has 0 bridgehead atoms. The summed E-state index contributed by atoms with van der Waals surface area (Å²) in [5, 5.41) is 12.4. The highest BCUT2D eigenvalue weighted by Crippen LogP contribution is 2.45. The fraction of sp³-hybridized carbons (Fsp3) is 0.650. The van der Waals surface area contributed by atoms with Crippen molar-refractivity contribution in [1.29, 1.82) is 5.26 Å². The van der Waals surface area contributed by atoms with E-state index in [0.717, 1.165) is 6.26 Å². The summed E-state index contributed by atoms with van der Waals surface area (Å²) in [5.74, 6) is -3.74. The molecule has 0 spiro atoms. The fourth-order valence-corrected chi connectivity index (χ4v) is 5.21. The lowest BCUT2D eigenvalue weighted by Crippen LogP contribution is -2.44. The van der Waals surface area contributed by atoms with Crippen LogP contribution in [0.5, 0.6) is 0 Å². The number of pyridine rings is 1. The van der Waals surface area contributed by atoms with Gasteiger partial charge < -0.3 is 19.5 Å². The molecule has 5 rings (SSSR count). The van der Waals surface area contributed by atoms with Crippen LogP contribution in [0.2, 0.25) is 5.15 Å². The summed E-state index contributed by atoms with van der Waals surface area (Å²) in [6, 6.07) is 1.40. The predicted molar refractivity (Wildman–Crippen MR) is 117 cm³/mol. The first-order chi connectivity index (χ1) is 16.3. The molecule has 1 N–H and O–H groups in total. The van der Waals surface area contributed by atoms with E-state index in [9.17, 15) is 22.5 Å². The Bertz CT molecular complexity index is 1320. The van der Waals surface area contributed by atoms with Crippen LogP contribution in [0.4, 0.5) is 14.5 Å². The third-order valence-electron chi connectivity index (χ3n) is 6.06. The van der Waals surface area contributed by atoms with Crippen molar-refractivity contribution in [3.8, 4) is 6.07 Å². The van der Waals surface area contributed by atoms with Crippen molar-refractivity contribution in [3.05, 3.63) is 17.0 Å². The Morgan fingerprint density at radius 3 is 2.66 bits per heavy atom. The largest absolute Gasteiger partial charge is 0.379 e. The second-order valence-electron chi connectivity index (χ2n) is 9.31. The fourth-order valence-electron chi connectivity index (χ4n) is 4.62. The van der Waals surface area contributed by atoms with Crippen molar-refractivity contribution in [2.24, 2.45) is 0 Å². The summed E-state index contributed by atoms with van der Waals surface area (Å²) in [5.41, 5.74) is 0.669. The van der Waals surface area contributed by atoms with Gasteiger partial charge in [0, 0.05) is 18.9 Å². The minimum Gasteiger partial charge on any atom is -0.379 e. The minimum absolute atomic E-state index is 0.00846. The van der Waals surface area contributed by atoms with E-state index in [4.69, 9.17) is 30.0 Å². The van der Waals surface area contributed by atoms with Crippen molar-refractivity contribution < 1.29 is 35.6 Å². The highest BCUT2D eigenvalue weighted by atomic mass is 35.5. The van der Waals surface area contributed by atoms with Crippen molar-refractivity contribution in [2.45, 2.75) is 69.0 Å². The van der Waals surface area contributed by atoms with E-state index in [1.54, 1.807) is 13.8 Å². The SMILES string of the molecule is CC1(C)O[C@@H]2[C@H](O1)[C@@H](COS(C)(=O)=O)O[C@H]2n1cnc2c(NC3CC(F)(F)C3)c(C#N)c(Cl)nc21. The summed E-state index contributed by atoms with van der Waals surface area (Å²) in [4.78, 5) is 8.66. The second-order valence-corrected chi connectivity index (χ2v) is 11.3. The number of aromatic nitrogens is 3. The Labute approximate surface area is 204 Å². The molecular formula is C20H22ClF2N5O6S. The Morgan fingerprint density at radius 1 is 1.34 bits per heavy atom. The van der Waals surface area contributed by atoms with Crippen LogP contribution in [-0.2, 0) is 28.5 Å². The van der Waals surface area contributed by atoms with Crippen molar-refractivity contribution in [3.63, 3.8) is 0 Å². The standard InChI is InChI=1S/C20H22ClF2N5O6S/c1-19(2)33-14-11(7-31-35(3,29)30)32-18(15(14)34-19)28-8-25-13-12(26-9-4-20(22,23)5-9)10(6-24)16(21)27-17(13)28/h8-9,11,14-15,18H,4-5,7H2,1-3H3,(H,26,27)/t11-,14-,15-,18-/m1/s1. The van der Waals surface area contributed by atoms with Gasteiger partial charge in [0.2, 0.25) is 0 Å². The zero-order chi connectivity index (χ0) is 25.3. The monoisotopic (exact) mass is 533 g/mol. The van der Waals surface area contributed by atoms with Crippen LogP contribution >= 0.6 is 11.6 Å². The molecule has 3 aliphatic rings. The molecule has 1 aliphatic carbocycles. The average Bonchev–Trinajstić information content (AvgIpc) is 3.35. The van der Waals surface area contributed by atoms with E-state index in [1.807, 2.05) is 6.07 Å². The van der Waals surface area contributed by atoms with Gasteiger partial charge in [-0.05, 0) is 13.8 Å². The number of nitrogens with one attached hydrogen (secondary N) is 1. The number of fused-ring (bicyclic) bond motifs is 2. The predicted octanol–water partition coefficient (Wildman–Crippen LogP) is 2.56. The summed E-state index contributed by atoms with van der Waals surface area (Å²) in [7, 11) is -3.73. The average molecular weight is 534 g/mol. The Kier molecular flexibility index (Phi) is 5.74. The van der Waals surface area contributed by atoms with Gasteiger partial charge >= 0.3 is 0 Å². The third-order valence-corrected chi connectivity index (χ3v) is 6.90. The van der Waals surface area contributed by atoms with Crippen LogP contribution < -0.4 is 5.32 Å². The molecule has 4 heterocycles. The first-order valence-electron chi connectivity index (χ1n) is 10.7. The number of anilines is 1. The molecule has 4 atom stereocenters.